The Morgan fingerprint density at radius 1 is 1.00 bits per heavy atom. The van der Waals surface area contributed by atoms with Crippen LogP contribution in [0.5, 0.6) is 0 Å². The molecular weight excluding hydrogens is 368 g/mol. The van der Waals surface area contributed by atoms with E-state index in [1.165, 1.54) is 24.3 Å². The molecule has 1 saturated heterocycles. The first-order chi connectivity index (χ1) is 13.2. The summed E-state index contributed by atoms with van der Waals surface area (Å²) in [6, 6.07) is 12.7. The smallest absolute Gasteiger partial charge is 0.191 e. The number of hydrogen-bond acceptors (Lipinski definition) is 4. The van der Waals surface area contributed by atoms with E-state index >= 15 is 0 Å². The highest BCUT2D eigenvalue weighted by molar-refractivity contribution is 7.98. The molecule has 7 heteroatoms. The second-order valence-corrected chi connectivity index (χ2v) is 7.42. The van der Waals surface area contributed by atoms with E-state index < -0.39 is 0 Å². The Labute approximate surface area is 160 Å². The Kier molecular flexibility index (Phi) is 5.50. The number of hydrogen-bond donors (Lipinski definition) is 0. The zero-order chi connectivity index (χ0) is 18.6. The standard InChI is InChI=1S/C20H19F2N3OS/c21-16-7-3-14(4-8-16)13-27-20-24-23-19(15-5-9-17(22)10-6-15)25(20)12-18-2-1-11-26-18/h3-10,18H,1-2,11-13H2/t18-/m1/s1. The molecule has 0 saturated carbocycles. The maximum atomic E-state index is 13.3. The molecule has 27 heavy (non-hydrogen) atoms. The zero-order valence-corrected chi connectivity index (χ0v) is 15.5. The van der Waals surface area contributed by atoms with Gasteiger partial charge in [-0.15, -0.1) is 10.2 Å². The molecule has 0 aliphatic carbocycles. The molecule has 0 amide bonds. The average molecular weight is 387 g/mol. The Hall–Kier alpha value is -2.25. The number of nitrogens with zero attached hydrogens (tertiary/aromatic N) is 3. The first kappa shape index (κ1) is 18.1. The molecule has 0 bridgehead atoms. The van der Waals surface area contributed by atoms with Gasteiger partial charge >= 0.3 is 0 Å². The number of benzene rings is 2. The summed E-state index contributed by atoms with van der Waals surface area (Å²) in [5, 5.41) is 9.45. The summed E-state index contributed by atoms with van der Waals surface area (Å²) >= 11 is 1.55. The van der Waals surface area contributed by atoms with Crippen LogP contribution in [0.4, 0.5) is 8.78 Å². The Morgan fingerprint density at radius 2 is 1.70 bits per heavy atom. The lowest BCUT2D eigenvalue weighted by atomic mass is 10.2. The molecule has 0 spiro atoms. The number of rotatable bonds is 6. The van der Waals surface area contributed by atoms with Crippen LogP contribution in [0.15, 0.2) is 53.7 Å². The zero-order valence-electron chi connectivity index (χ0n) is 14.6. The molecule has 1 aliphatic heterocycles. The van der Waals surface area contributed by atoms with Gasteiger partial charge in [-0.25, -0.2) is 8.78 Å². The van der Waals surface area contributed by atoms with Crippen LogP contribution in [0, 0.1) is 11.6 Å². The predicted molar refractivity (Wildman–Crippen MR) is 100 cm³/mol. The third-order valence-electron chi connectivity index (χ3n) is 4.51. The lowest BCUT2D eigenvalue weighted by molar-refractivity contribution is 0.0953. The highest BCUT2D eigenvalue weighted by Gasteiger charge is 2.21. The fourth-order valence-corrected chi connectivity index (χ4v) is 4.00. The van der Waals surface area contributed by atoms with Crippen molar-refractivity contribution in [2.45, 2.75) is 36.4 Å². The third kappa shape index (κ3) is 4.36. The molecular formula is C20H19F2N3OS. The predicted octanol–water partition coefficient (Wildman–Crippen LogP) is 4.69. The van der Waals surface area contributed by atoms with Crippen LogP contribution in [0.1, 0.15) is 18.4 Å². The van der Waals surface area contributed by atoms with Crippen LogP contribution >= 0.6 is 11.8 Å². The average Bonchev–Trinajstić information content (AvgIpc) is 3.33. The fourth-order valence-electron chi connectivity index (χ4n) is 3.09. The van der Waals surface area contributed by atoms with Gasteiger partial charge in [-0.2, -0.15) is 0 Å². The molecule has 1 atom stereocenters. The van der Waals surface area contributed by atoms with Crippen molar-refractivity contribution in [1.82, 2.24) is 14.8 Å². The van der Waals surface area contributed by atoms with Crippen LogP contribution in [-0.4, -0.2) is 27.5 Å². The molecule has 0 radical (unpaired) electrons. The van der Waals surface area contributed by atoms with E-state index in [0.29, 0.717) is 18.1 Å². The van der Waals surface area contributed by atoms with Crippen LogP contribution in [0.3, 0.4) is 0 Å². The minimum absolute atomic E-state index is 0.130. The highest BCUT2D eigenvalue weighted by Crippen LogP contribution is 2.28. The number of aromatic nitrogens is 3. The van der Waals surface area contributed by atoms with Crippen LogP contribution in [0.25, 0.3) is 11.4 Å². The molecule has 2 heterocycles. The summed E-state index contributed by atoms with van der Waals surface area (Å²) in [5.41, 5.74) is 1.83. The molecule has 0 N–H and O–H groups in total. The van der Waals surface area contributed by atoms with Crippen molar-refractivity contribution < 1.29 is 13.5 Å². The highest BCUT2D eigenvalue weighted by atomic mass is 32.2. The SMILES string of the molecule is Fc1ccc(CSc2nnc(-c3ccc(F)cc3)n2C[C@H]2CCCO2)cc1. The van der Waals surface area contributed by atoms with Gasteiger partial charge in [0.2, 0.25) is 0 Å². The van der Waals surface area contributed by atoms with E-state index in [1.54, 1.807) is 36.0 Å². The molecule has 0 unspecified atom stereocenters. The molecule has 4 rings (SSSR count). The lowest BCUT2D eigenvalue weighted by Crippen LogP contribution is -2.16. The quantitative estimate of drug-likeness (QED) is 0.575. The van der Waals surface area contributed by atoms with Crippen molar-refractivity contribution >= 4 is 11.8 Å². The van der Waals surface area contributed by atoms with E-state index in [1.807, 2.05) is 4.57 Å². The van der Waals surface area contributed by atoms with Gasteiger partial charge in [-0.1, -0.05) is 23.9 Å². The van der Waals surface area contributed by atoms with Crippen molar-refractivity contribution in [2.24, 2.45) is 0 Å². The molecule has 1 fully saturated rings. The van der Waals surface area contributed by atoms with Gasteiger partial charge in [0.1, 0.15) is 11.6 Å². The van der Waals surface area contributed by atoms with E-state index in [-0.39, 0.29) is 17.7 Å². The van der Waals surface area contributed by atoms with Gasteiger partial charge in [0.25, 0.3) is 0 Å². The normalized spacial score (nSPS) is 16.7. The minimum atomic E-state index is -0.283. The molecule has 3 aromatic rings. The summed E-state index contributed by atoms with van der Waals surface area (Å²) in [6.07, 6.45) is 2.19. The van der Waals surface area contributed by atoms with Crippen LogP contribution in [0.2, 0.25) is 0 Å². The third-order valence-corrected chi connectivity index (χ3v) is 5.55. The topological polar surface area (TPSA) is 39.9 Å². The molecule has 4 nitrogen and oxygen atoms in total. The largest absolute Gasteiger partial charge is 0.376 e. The molecule has 1 aliphatic rings. The monoisotopic (exact) mass is 387 g/mol. The Morgan fingerprint density at radius 3 is 2.37 bits per heavy atom. The number of halogens is 2. The first-order valence-electron chi connectivity index (χ1n) is 8.87. The molecule has 2 aromatic carbocycles. The number of ether oxygens (including phenoxy) is 1. The van der Waals surface area contributed by atoms with Crippen molar-refractivity contribution in [3.8, 4) is 11.4 Å². The lowest BCUT2D eigenvalue weighted by Gasteiger charge is -2.14. The minimum Gasteiger partial charge on any atom is -0.376 e. The van der Waals surface area contributed by atoms with Crippen molar-refractivity contribution in [3.05, 3.63) is 65.7 Å². The molecule has 140 valence electrons. The van der Waals surface area contributed by atoms with Crippen molar-refractivity contribution in [3.63, 3.8) is 0 Å². The van der Waals surface area contributed by atoms with E-state index in [0.717, 1.165) is 35.7 Å². The van der Waals surface area contributed by atoms with E-state index in [9.17, 15) is 8.78 Å². The van der Waals surface area contributed by atoms with Gasteiger partial charge < -0.3 is 4.74 Å². The first-order valence-corrected chi connectivity index (χ1v) is 9.85. The van der Waals surface area contributed by atoms with Gasteiger partial charge in [0, 0.05) is 17.9 Å². The van der Waals surface area contributed by atoms with Gasteiger partial charge in [0.05, 0.1) is 12.6 Å². The summed E-state index contributed by atoms with van der Waals surface area (Å²) in [7, 11) is 0. The number of thioether (sulfide) groups is 1. The van der Waals surface area contributed by atoms with Crippen LogP contribution < -0.4 is 0 Å². The summed E-state index contributed by atoms with van der Waals surface area (Å²) in [5.74, 6) is 0.832. The van der Waals surface area contributed by atoms with Crippen LogP contribution in [-0.2, 0) is 17.0 Å². The second kappa shape index (κ2) is 8.19. The maximum absolute atomic E-state index is 13.3. The Bertz CT molecular complexity index is 891. The summed E-state index contributed by atoms with van der Waals surface area (Å²) in [6.45, 7) is 1.43. The van der Waals surface area contributed by atoms with Gasteiger partial charge in [0.15, 0.2) is 11.0 Å². The maximum Gasteiger partial charge on any atom is 0.191 e. The second-order valence-electron chi connectivity index (χ2n) is 6.47. The van der Waals surface area contributed by atoms with Gasteiger partial charge in [-0.3, -0.25) is 4.57 Å². The molecule has 1 aromatic heterocycles. The van der Waals surface area contributed by atoms with E-state index in [4.69, 9.17) is 4.74 Å². The van der Waals surface area contributed by atoms with Crippen molar-refractivity contribution in [1.29, 1.82) is 0 Å². The van der Waals surface area contributed by atoms with E-state index in [2.05, 4.69) is 10.2 Å². The summed E-state index contributed by atoms with van der Waals surface area (Å²) in [4.78, 5) is 0. The fraction of sp³-hybridized carbons (Fsp3) is 0.300. The summed E-state index contributed by atoms with van der Waals surface area (Å²) < 4.78 is 34.2. The van der Waals surface area contributed by atoms with Crippen molar-refractivity contribution in [2.75, 3.05) is 6.61 Å². The Balaban J connectivity index is 1.59. The van der Waals surface area contributed by atoms with Gasteiger partial charge in [-0.05, 0) is 54.8 Å².